The number of nitrogens with one attached hydrogen (secondary N) is 2. The van der Waals surface area contributed by atoms with Crippen LogP contribution in [0.15, 0.2) is 33.1 Å². The molecule has 3 rings (SSSR count). The second kappa shape index (κ2) is 10.1. The quantitative estimate of drug-likeness (QED) is 0.540. The zero-order valence-electron chi connectivity index (χ0n) is 17.4. The Kier molecular flexibility index (Phi) is 7.50. The Bertz CT molecular complexity index is 740. The Morgan fingerprint density at radius 3 is 2.96 bits per heavy atom. The molecule has 0 spiro atoms. The average Bonchev–Trinajstić information content (AvgIpc) is 3.36. The van der Waals surface area contributed by atoms with Crippen molar-refractivity contribution in [3.05, 3.63) is 39.9 Å². The first-order chi connectivity index (χ1) is 13.6. The van der Waals surface area contributed by atoms with Crippen molar-refractivity contribution in [2.45, 2.75) is 52.1 Å². The number of likely N-dealkylation sites (tertiary alicyclic amines) is 1. The largest absolute Gasteiger partial charge is 0.359 e. The van der Waals surface area contributed by atoms with Gasteiger partial charge in [-0.15, -0.1) is 11.3 Å². The first-order valence-electron chi connectivity index (χ1n) is 10.3. The van der Waals surface area contributed by atoms with E-state index in [4.69, 9.17) is 9.52 Å². The average molecular weight is 404 g/mol. The van der Waals surface area contributed by atoms with Gasteiger partial charge in [-0.25, -0.2) is 4.99 Å². The minimum atomic E-state index is 0.366. The summed E-state index contributed by atoms with van der Waals surface area (Å²) in [7, 11) is 2.24. The van der Waals surface area contributed by atoms with E-state index in [-0.39, 0.29) is 0 Å². The Hall–Kier alpha value is -1.86. The lowest BCUT2D eigenvalue weighted by molar-refractivity contribution is 0.125. The van der Waals surface area contributed by atoms with Crippen LogP contribution in [-0.2, 0) is 6.54 Å². The fourth-order valence-electron chi connectivity index (χ4n) is 3.78. The monoisotopic (exact) mass is 403 g/mol. The van der Waals surface area contributed by atoms with Gasteiger partial charge in [-0.3, -0.25) is 4.90 Å². The summed E-state index contributed by atoms with van der Waals surface area (Å²) in [4.78, 5) is 8.65. The maximum atomic E-state index is 5.41. The number of aromatic nitrogens is 1. The number of rotatable bonds is 7. The highest BCUT2D eigenvalue weighted by atomic mass is 32.1. The van der Waals surface area contributed by atoms with E-state index in [1.165, 1.54) is 17.7 Å². The van der Waals surface area contributed by atoms with Crippen molar-refractivity contribution >= 4 is 17.3 Å². The van der Waals surface area contributed by atoms with E-state index < -0.39 is 0 Å². The van der Waals surface area contributed by atoms with E-state index in [1.54, 1.807) is 0 Å². The van der Waals surface area contributed by atoms with Gasteiger partial charge in [0.05, 0.1) is 5.69 Å². The van der Waals surface area contributed by atoms with E-state index in [2.05, 4.69) is 66.0 Å². The Morgan fingerprint density at radius 2 is 2.29 bits per heavy atom. The molecule has 0 aliphatic carbocycles. The number of nitrogens with zero attached hydrogens (tertiary/aromatic N) is 3. The third-order valence-corrected chi connectivity index (χ3v) is 6.22. The van der Waals surface area contributed by atoms with Crippen LogP contribution >= 0.6 is 11.3 Å². The molecule has 1 aliphatic heterocycles. The molecule has 154 valence electrons. The van der Waals surface area contributed by atoms with Gasteiger partial charge < -0.3 is 15.2 Å². The molecule has 1 saturated heterocycles. The van der Waals surface area contributed by atoms with Gasteiger partial charge in [0.1, 0.15) is 6.54 Å². The van der Waals surface area contributed by atoms with Crippen LogP contribution in [0.2, 0.25) is 0 Å². The van der Waals surface area contributed by atoms with Crippen LogP contribution in [0.5, 0.6) is 0 Å². The highest BCUT2D eigenvalue weighted by Gasteiger charge is 2.31. The van der Waals surface area contributed by atoms with Crippen LogP contribution in [-0.4, -0.2) is 42.7 Å². The summed E-state index contributed by atoms with van der Waals surface area (Å²) >= 11 is 1.86. The maximum absolute atomic E-state index is 5.41. The van der Waals surface area contributed by atoms with Gasteiger partial charge in [0.15, 0.2) is 11.7 Å². The van der Waals surface area contributed by atoms with E-state index in [1.807, 2.05) is 17.4 Å². The molecule has 0 saturated carbocycles. The normalized spacial score (nSPS) is 21.2. The fourth-order valence-corrected chi connectivity index (χ4v) is 4.77. The zero-order valence-corrected chi connectivity index (χ0v) is 18.3. The molecule has 1 aliphatic rings. The molecule has 2 aromatic heterocycles. The van der Waals surface area contributed by atoms with E-state index in [9.17, 15) is 0 Å². The lowest BCUT2D eigenvalue weighted by Crippen LogP contribution is -2.44. The number of thiophene rings is 1. The molecule has 2 aromatic rings. The van der Waals surface area contributed by atoms with Crippen LogP contribution in [0, 0.1) is 5.92 Å². The lowest BCUT2D eigenvalue weighted by Gasteiger charge is -2.39. The maximum Gasteiger partial charge on any atom is 0.191 e. The van der Waals surface area contributed by atoms with Crippen molar-refractivity contribution in [1.29, 1.82) is 0 Å². The topological polar surface area (TPSA) is 65.7 Å². The van der Waals surface area contributed by atoms with E-state index >= 15 is 0 Å². The summed E-state index contributed by atoms with van der Waals surface area (Å²) in [5.41, 5.74) is 0.979. The van der Waals surface area contributed by atoms with Crippen LogP contribution < -0.4 is 10.6 Å². The standard InChI is InChI=1S/C21H33N5OS/c1-5-22-21(24-14-17-12-18(15(2)3)25-27-17)23-13-16-8-6-10-26(4)20(16)19-9-7-11-28-19/h7,9,11-12,15-16,20H,5-6,8,10,13-14H2,1-4H3,(H2,22,23,24). The van der Waals surface area contributed by atoms with E-state index in [0.717, 1.165) is 37.0 Å². The van der Waals surface area contributed by atoms with Gasteiger partial charge in [-0.05, 0) is 56.6 Å². The van der Waals surface area contributed by atoms with Crippen molar-refractivity contribution in [2.24, 2.45) is 10.9 Å². The minimum absolute atomic E-state index is 0.366. The zero-order chi connectivity index (χ0) is 19.9. The van der Waals surface area contributed by atoms with Crippen molar-refractivity contribution in [3.63, 3.8) is 0 Å². The predicted molar refractivity (Wildman–Crippen MR) is 116 cm³/mol. The molecule has 3 heterocycles. The second-order valence-corrected chi connectivity index (χ2v) is 8.77. The Labute approximate surface area is 172 Å². The smallest absolute Gasteiger partial charge is 0.191 e. The summed E-state index contributed by atoms with van der Waals surface area (Å²) in [5.74, 6) is 2.57. The van der Waals surface area contributed by atoms with Crippen LogP contribution in [0.1, 0.15) is 61.9 Å². The molecule has 0 aromatic carbocycles. The van der Waals surface area contributed by atoms with Gasteiger partial charge in [0.25, 0.3) is 0 Å². The fraction of sp³-hybridized carbons (Fsp3) is 0.619. The molecule has 2 N–H and O–H groups in total. The summed E-state index contributed by atoms with van der Waals surface area (Å²) in [6.07, 6.45) is 2.48. The van der Waals surface area contributed by atoms with Crippen molar-refractivity contribution < 1.29 is 4.52 Å². The van der Waals surface area contributed by atoms with Gasteiger partial charge in [-0.2, -0.15) is 0 Å². The van der Waals surface area contributed by atoms with Gasteiger partial charge in [0.2, 0.25) is 0 Å². The molecular formula is C21H33N5OS. The molecule has 6 nitrogen and oxygen atoms in total. The SMILES string of the molecule is CCNC(=NCc1cc(C(C)C)no1)NCC1CCCN(C)C1c1cccs1. The van der Waals surface area contributed by atoms with Gasteiger partial charge >= 0.3 is 0 Å². The molecular weight excluding hydrogens is 370 g/mol. The van der Waals surface area contributed by atoms with Gasteiger partial charge in [-0.1, -0.05) is 25.1 Å². The summed E-state index contributed by atoms with van der Waals surface area (Å²) in [6, 6.07) is 6.90. The first kappa shape index (κ1) is 20.9. The number of hydrogen-bond donors (Lipinski definition) is 2. The van der Waals surface area contributed by atoms with Gasteiger partial charge in [0, 0.05) is 30.1 Å². The summed E-state index contributed by atoms with van der Waals surface area (Å²) in [5, 5.41) is 13.2. The summed E-state index contributed by atoms with van der Waals surface area (Å²) in [6.45, 7) is 9.71. The molecule has 7 heteroatoms. The number of guanidine groups is 1. The number of piperidine rings is 1. The summed E-state index contributed by atoms with van der Waals surface area (Å²) < 4.78 is 5.41. The van der Waals surface area contributed by atoms with Crippen LogP contribution in [0.25, 0.3) is 0 Å². The highest BCUT2D eigenvalue weighted by Crippen LogP contribution is 2.36. The lowest BCUT2D eigenvalue weighted by atomic mass is 9.88. The van der Waals surface area contributed by atoms with E-state index in [0.29, 0.717) is 24.4 Å². The Morgan fingerprint density at radius 1 is 1.43 bits per heavy atom. The molecule has 2 atom stereocenters. The molecule has 0 radical (unpaired) electrons. The van der Waals surface area contributed by atoms with Crippen molar-refractivity contribution in [3.8, 4) is 0 Å². The number of hydrogen-bond acceptors (Lipinski definition) is 5. The minimum Gasteiger partial charge on any atom is -0.359 e. The first-order valence-corrected chi connectivity index (χ1v) is 11.2. The third-order valence-electron chi connectivity index (χ3n) is 5.28. The molecule has 0 bridgehead atoms. The molecule has 0 amide bonds. The molecule has 28 heavy (non-hydrogen) atoms. The van der Waals surface area contributed by atoms with Crippen LogP contribution in [0.3, 0.4) is 0 Å². The van der Waals surface area contributed by atoms with Crippen molar-refractivity contribution in [2.75, 3.05) is 26.7 Å². The van der Waals surface area contributed by atoms with Crippen molar-refractivity contribution in [1.82, 2.24) is 20.7 Å². The molecule has 1 fully saturated rings. The predicted octanol–water partition coefficient (Wildman–Crippen LogP) is 4.00. The third kappa shape index (κ3) is 5.35. The second-order valence-electron chi connectivity index (χ2n) is 7.79. The Balaban J connectivity index is 1.62. The number of aliphatic imine (C=N–C) groups is 1. The van der Waals surface area contributed by atoms with Crippen LogP contribution in [0.4, 0.5) is 0 Å². The molecule has 2 unspecified atom stereocenters. The highest BCUT2D eigenvalue weighted by molar-refractivity contribution is 7.10.